The fourth-order valence-corrected chi connectivity index (χ4v) is 3.23. The van der Waals surface area contributed by atoms with Crippen LogP contribution >= 0.6 is 0 Å². The topological polar surface area (TPSA) is 77.0 Å². The second-order valence-electron chi connectivity index (χ2n) is 6.90. The van der Waals surface area contributed by atoms with Gasteiger partial charge in [-0.1, -0.05) is 0 Å². The van der Waals surface area contributed by atoms with E-state index in [0.717, 1.165) is 12.3 Å². The molecule has 29 heavy (non-hydrogen) atoms. The third-order valence-electron chi connectivity index (χ3n) is 4.88. The molecule has 0 bridgehead atoms. The minimum Gasteiger partial charge on any atom is -0.474 e. The third-order valence-corrected chi connectivity index (χ3v) is 4.88. The molecule has 1 saturated heterocycles. The molecule has 6 nitrogen and oxygen atoms in total. The molecule has 4 rings (SSSR count). The van der Waals surface area contributed by atoms with Crippen molar-refractivity contribution in [3.05, 3.63) is 48.4 Å². The Labute approximate surface area is 164 Å². The highest BCUT2D eigenvalue weighted by atomic mass is 19.4. The SMILES string of the molecule is CC(Oc1nc(-c2ccc(C(F)(F)F)nc2)cc2ncccc12)C1CNC(=O)C1. The Morgan fingerprint density at radius 3 is 2.72 bits per heavy atom. The summed E-state index contributed by atoms with van der Waals surface area (Å²) in [6.45, 7) is 2.39. The molecule has 0 aliphatic carbocycles. The summed E-state index contributed by atoms with van der Waals surface area (Å²) >= 11 is 0. The van der Waals surface area contributed by atoms with Gasteiger partial charge in [0.1, 0.15) is 11.8 Å². The number of carbonyl (C=O) groups excluding carboxylic acids is 1. The van der Waals surface area contributed by atoms with Gasteiger partial charge in [0.25, 0.3) is 0 Å². The highest BCUT2D eigenvalue weighted by Gasteiger charge is 2.32. The Balaban J connectivity index is 1.70. The Morgan fingerprint density at radius 1 is 1.24 bits per heavy atom. The molecule has 3 aromatic rings. The zero-order chi connectivity index (χ0) is 20.6. The van der Waals surface area contributed by atoms with Crippen LogP contribution in [0.3, 0.4) is 0 Å². The summed E-state index contributed by atoms with van der Waals surface area (Å²) in [7, 11) is 0. The molecule has 2 atom stereocenters. The van der Waals surface area contributed by atoms with Gasteiger partial charge in [0.2, 0.25) is 11.8 Å². The molecule has 1 aliphatic heterocycles. The lowest BCUT2D eigenvalue weighted by Crippen LogP contribution is -2.26. The molecule has 150 valence electrons. The van der Waals surface area contributed by atoms with Crippen molar-refractivity contribution >= 4 is 16.8 Å². The van der Waals surface area contributed by atoms with Gasteiger partial charge in [-0.15, -0.1) is 0 Å². The van der Waals surface area contributed by atoms with Gasteiger partial charge in [0.05, 0.1) is 16.6 Å². The molecule has 9 heteroatoms. The highest BCUT2D eigenvalue weighted by molar-refractivity contribution is 5.86. The molecular formula is C20H17F3N4O2. The van der Waals surface area contributed by atoms with E-state index in [1.807, 2.05) is 13.0 Å². The molecule has 0 saturated carbocycles. The summed E-state index contributed by atoms with van der Waals surface area (Å²) in [6, 6.07) is 7.47. The molecule has 4 heterocycles. The first kappa shape index (κ1) is 19.1. The number of alkyl halides is 3. The van der Waals surface area contributed by atoms with Gasteiger partial charge in [-0.2, -0.15) is 13.2 Å². The monoisotopic (exact) mass is 402 g/mol. The van der Waals surface area contributed by atoms with Gasteiger partial charge < -0.3 is 10.1 Å². The van der Waals surface area contributed by atoms with E-state index in [-0.39, 0.29) is 17.9 Å². The second kappa shape index (κ2) is 7.31. The second-order valence-corrected chi connectivity index (χ2v) is 6.90. The number of pyridine rings is 3. The highest BCUT2D eigenvalue weighted by Crippen LogP contribution is 2.32. The van der Waals surface area contributed by atoms with E-state index in [2.05, 4.69) is 20.3 Å². The third kappa shape index (κ3) is 3.98. The van der Waals surface area contributed by atoms with Crippen molar-refractivity contribution in [2.45, 2.75) is 25.6 Å². The molecule has 1 N–H and O–H groups in total. The number of fused-ring (bicyclic) bond motifs is 1. The van der Waals surface area contributed by atoms with E-state index >= 15 is 0 Å². The quantitative estimate of drug-likeness (QED) is 0.721. The van der Waals surface area contributed by atoms with Crippen molar-refractivity contribution in [3.63, 3.8) is 0 Å². The first-order chi connectivity index (χ1) is 13.8. The van der Waals surface area contributed by atoms with Crippen LogP contribution in [0.25, 0.3) is 22.2 Å². The average molecular weight is 402 g/mol. The summed E-state index contributed by atoms with van der Waals surface area (Å²) in [5.41, 5.74) is 0.449. The average Bonchev–Trinajstić information content (AvgIpc) is 3.14. The smallest absolute Gasteiger partial charge is 0.433 e. The number of aromatic nitrogens is 3. The number of halogens is 3. The Kier molecular flexibility index (Phi) is 4.81. The number of hydrogen-bond acceptors (Lipinski definition) is 5. The summed E-state index contributed by atoms with van der Waals surface area (Å²) in [5.74, 6) is 0.305. The summed E-state index contributed by atoms with van der Waals surface area (Å²) < 4.78 is 44.4. The van der Waals surface area contributed by atoms with Crippen molar-refractivity contribution < 1.29 is 22.7 Å². The van der Waals surface area contributed by atoms with Crippen LogP contribution in [0.1, 0.15) is 19.0 Å². The first-order valence-electron chi connectivity index (χ1n) is 9.04. The number of rotatable bonds is 4. The van der Waals surface area contributed by atoms with E-state index < -0.39 is 11.9 Å². The van der Waals surface area contributed by atoms with E-state index in [9.17, 15) is 18.0 Å². The van der Waals surface area contributed by atoms with E-state index in [1.165, 1.54) is 6.07 Å². The maximum Gasteiger partial charge on any atom is 0.433 e. The van der Waals surface area contributed by atoms with Gasteiger partial charge in [0.15, 0.2) is 0 Å². The van der Waals surface area contributed by atoms with E-state index in [4.69, 9.17) is 4.74 Å². The lowest BCUT2D eigenvalue weighted by Gasteiger charge is -2.20. The van der Waals surface area contributed by atoms with Crippen molar-refractivity contribution in [3.8, 4) is 17.1 Å². The molecule has 1 aliphatic rings. The first-order valence-corrected chi connectivity index (χ1v) is 9.04. The summed E-state index contributed by atoms with van der Waals surface area (Å²) in [4.78, 5) is 23.8. The number of carbonyl (C=O) groups is 1. The Bertz CT molecular complexity index is 1050. The minimum atomic E-state index is -4.51. The van der Waals surface area contributed by atoms with Crippen LogP contribution in [0.2, 0.25) is 0 Å². The van der Waals surface area contributed by atoms with Crippen molar-refractivity contribution in [2.75, 3.05) is 6.54 Å². The predicted molar refractivity (Wildman–Crippen MR) is 99.0 cm³/mol. The van der Waals surface area contributed by atoms with Crippen LogP contribution in [-0.2, 0) is 11.0 Å². The Hall–Kier alpha value is -3.23. The number of hydrogen-bond donors (Lipinski definition) is 1. The lowest BCUT2D eigenvalue weighted by molar-refractivity contribution is -0.141. The zero-order valence-corrected chi connectivity index (χ0v) is 15.4. The van der Waals surface area contributed by atoms with Crippen molar-refractivity contribution in [1.29, 1.82) is 0 Å². The van der Waals surface area contributed by atoms with E-state index in [1.54, 1.807) is 18.3 Å². The standard InChI is InChI=1S/C20H17F3N4O2/c1-11(13-7-18(28)26-10-13)29-19-14-3-2-6-24-16(14)8-15(27-19)12-4-5-17(25-9-12)20(21,22)23/h2-6,8-9,11,13H,7,10H2,1H3,(H,26,28). The van der Waals surface area contributed by atoms with Gasteiger partial charge in [0, 0.05) is 36.8 Å². The van der Waals surface area contributed by atoms with Gasteiger partial charge in [-0.05, 0) is 37.3 Å². The van der Waals surface area contributed by atoms with Gasteiger partial charge in [-0.25, -0.2) is 4.98 Å². The Morgan fingerprint density at radius 2 is 2.07 bits per heavy atom. The maximum atomic E-state index is 12.8. The lowest BCUT2D eigenvalue weighted by atomic mass is 10.0. The van der Waals surface area contributed by atoms with Crippen LogP contribution in [0.15, 0.2) is 42.7 Å². The molecule has 1 fully saturated rings. The fraction of sp³-hybridized carbons (Fsp3) is 0.300. The largest absolute Gasteiger partial charge is 0.474 e. The summed E-state index contributed by atoms with van der Waals surface area (Å²) in [5, 5.41) is 3.46. The summed E-state index contributed by atoms with van der Waals surface area (Å²) in [6.07, 6.45) is -1.67. The zero-order valence-electron chi connectivity index (χ0n) is 15.4. The predicted octanol–water partition coefficient (Wildman–Crippen LogP) is 3.61. The molecule has 2 unspecified atom stereocenters. The maximum absolute atomic E-state index is 12.8. The molecule has 0 radical (unpaired) electrons. The number of nitrogens with one attached hydrogen (secondary N) is 1. The molecule has 3 aromatic heterocycles. The molecular weight excluding hydrogens is 385 g/mol. The van der Waals surface area contributed by atoms with Crippen LogP contribution < -0.4 is 10.1 Å². The molecule has 1 amide bonds. The van der Waals surface area contributed by atoms with Crippen LogP contribution in [0.4, 0.5) is 13.2 Å². The normalized spacial score (nSPS) is 17.9. The van der Waals surface area contributed by atoms with Gasteiger partial charge in [-0.3, -0.25) is 14.8 Å². The minimum absolute atomic E-state index is 0.00686. The van der Waals surface area contributed by atoms with E-state index in [0.29, 0.717) is 41.0 Å². The van der Waals surface area contributed by atoms with Crippen LogP contribution in [0, 0.1) is 5.92 Å². The number of ether oxygens (including phenoxy) is 1. The number of nitrogens with zero attached hydrogens (tertiary/aromatic N) is 3. The van der Waals surface area contributed by atoms with Gasteiger partial charge >= 0.3 is 6.18 Å². The van der Waals surface area contributed by atoms with Crippen LogP contribution in [-0.4, -0.2) is 33.5 Å². The van der Waals surface area contributed by atoms with Crippen LogP contribution in [0.5, 0.6) is 5.88 Å². The number of amides is 1. The van der Waals surface area contributed by atoms with Crippen molar-refractivity contribution in [2.24, 2.45) is 5.92 Å². The van der Waals surface area contributed by atoms with Crippen molar-refractivity contribution in [1.82, 2.24) is 20.3 Å². The molecule has 0 spiro atoms. The molecule has 0 aromatic carbocycles. The fourth-order valence-electron chi connectivity index (χ4n) is 3.23.